The first-order valence-corrected chi connectivity index (χ1v) is 7.80. The largest absolute Gasteiger partial charge is 0.494 e. The van der Waals surface area contributed by atoms with Crippen LogP contribution < -0.4 is 21.5 Å². The smallest absolute Gasteiger partial charge is 0.316 e. The van der Waals surface area contributed by atoms with E-state index in [9.17, 15) is 14.0 Å². The predicted molar refractivity (Wildman–Crippen MR) is 97.2 cm³/mol. The van der Waals surface area contributed by atoms with Crippen LogP contribution in [-0.2, 0) is 0 Å². The lowest BCUT2D eigenvalue weighted by atomic mass is 10.0. The van der Waals surface area contributed by atoms with Gasteiger partial charge in [-0.1, -0.05) is 24.3 Å². The Hall–Kier alpha value is -3.88. The van der Waals surface area contributed by atoms with Crippen molar-refractivity contribution in [3.05, 3.63) is 60.2 Å². The zero-order chi connectivity index (χ0) is 19.6. The summed E-state index contributed by atoms with van der Waals surface area (Å²) in [5, 5.41) is 6.35. The SMILES string of the molecule is COc1cccc(-c2ccc(-n3cc(NC(N)=O)c(C(N)=O)n3)cc2)c1F. The summed E-state index contributed by atoms with van der Waals surface area (Å²) >= 11 is 0. The number of methoxy groups -OCH3 is 1. The molecule has 138 valence electrons. The van der Waals surface area contributed by atoms with Gasteiger partial charge in [-0.2, -0.15) is 5.10 Å². The van der Waals surface area contributed by atoms with Gasteiger partial charge in [-0.15, -0.1) is 0 Å². The Balaban J connectivity index is 1.97. The maximum absolute atomic E-state index is 14.4. The van der Waals surface area contributed by atoms with Gasteiger partial charge in [0.05, 0.1) is 24.7 Å². The number of amides is 3. The van der Waals surface area contributed by atoms with Crippen molar-refractivity contribution in [2.75, 3.05) is 12.4 Å². The first kappa shape index (κ1) is 17.9. The predicted octanol–water partition coefficient (Wildman–Crippen LogP) is 2.28. The molecule has 2 aromatic carbocycles. The number of carbonyl (C=O) groups excluding carboxylic acids is 2. The maximum Gasteiger partial charge on any atom is 0.316 e. The third-order valence-electron chi connectivity index (χ3n) is 3.83. The number of hydrogen-bond donors (Lipinski definition) is 3. The molecule has 27 heavy (non-hydrogen) atoms. The van der Waals surface area contributed by atoms with Crippen molar-refractivity contribution in [1.82, 2.24) is 9.78 Å². The van der Waals surface area contributed by atoms with E-state index in [4.69, 9.17) is 16.2 Å². The third-order valence-corrected chi connectivity index (χ3v) is 3.83. The number of anilines is 1. The van der Waals surface area contributed by atoms with Crippen molar-refractivity contribution in [1.29, 1.82) is 0 Å². The Labute approximate surface area is 153 Å². The van der Waals surface area contributed by atoms with Crippen LogP contribution in [0.15, 0.2) is 48.7 Å². The molecule has 1 aromatic heterocycles. The Morgan fingerprint density at radius 1 is 1.15 bits per heavy atom. The van der Waals surface area contributed by atoms with Gasteiger partial charge in [0, 0.05) is 5.56 Å². The van der Waals surface area contributed by atoms with Gasteiger partial charge in [0.25, 0.3) is 5.91 Å². The molecule has 3 rings (SSSR count). The number of urea groups is 1. The second kappa shape index (κ2) is 7.16. The molecule has 0 aliphatic carbocycles. The molecule has 5 N–H and O–H groups in total. The summed E-state index contributed by atoms with van der Waals surface area (Å²) in [6, 6.07) is 10.8. The summed E-state index contributed by atoms with van der Waals surface area (Å²) < 4.78 is 20.8. The molecule has 0 atom stereocenters. The monoisotopic (exact) mass is 369 g/mol. The van der Waals surface area contributed by atoms with Crippen LogP contribution in [0.2, 0.25) is 0 Å². The van der Waals surface area contributed by atoms with E-state index in [0.29, 0.717) is 16.8 Å². The van der Waals surface area contributed by atoms with E-state index < -0.39 is 17.8 Å². The van der Waals surface area contributed by atoms with Crippen LogP contribution in [-0.4, -0.2) is 28.8 Å². The second-order valence-corrected chi connectivity index (χ2v) is 5.56. The van der Waals surface area contributed by atoms with Gasteiger partial charge < -0.3 is 21.5 Å². The van der Waals surface area contributed by atoms with Crippen LogP contribution in [0.25, 0.3) is 16.8 Å². The Bertz CT molecular complexity index is 1010. The molecule has 0 saturated heterocycles. The van der Waals surface area contributed by atoms with Crippen LogP contribution in [0.5, 0.6) is 5.75 Å². The Morgan fingerprint density at radius 3 is 2.44 bits per heavy atom. The molecular weight excluding hydrogens is 353 g/mol. The van der Waals surface area contributed by atoms with Gasteiger partial charge in [-0.3, -0.25) is 4.79 Å². The van der Waals surface area contributed by atoms with Gasteiger partial charge in [0.15, 0.2) is 17.3 Å². The topological polar surface area (TPSA) is 125 Å². The molecule has 0 bridgehead atoms. The molecule has 0 radical (unpaired) electrons. The lowest BCUT2D eigenvalue weighted by Gasteiger charge is -2.08. The Kier molecular flexibility index (Phi) is 4.75. The number of carbonyl (C=O) groups is 2. The van der Waals surface area contributed by atoms with E-state index in [2.05, 4.69) is 10.4 Å². The summed E-state index contributed by atoms with van der Waals surface area (Å²) in [6.45, 7) is 0. The fourth-order valence-electron chi connectivity index (χ4n) is 2.60. The van der Waals surface area contributed by atoms with Gasteiger partial charge in [0.2, 0.25) is 0 Å². The van der Waals surface area contributed by atoms with E-state index >= 15 is 0 Å². The van der Waals surface area contributed by atoms with Gasteiger partial charge in [-0.05, 0) is 23.8 Å². The standard InChI is InChI=1S/C18H16FN5O3/c1-27-14-4-2-3-12(15(14)19)10-5-7-11(8-6-10)24-9-13(22-18(21)26)16(23-24)17(20)25/h2-9H,1H3,(H2,20,25)(H3,21,22,26). The Morgan fingerprint density at radius 2 is 1.85 bits per heavy atom. The summed E-state index contributed by atoms with van der Waals surface area (Å²) in [5.41, 5.74) is 11.9. The highest BCUT2D eigenvalue weighted by atomic mass is 19.1. The highest BCUT2D eigenvalue weighted by Gasteiger charge is 2.16. The molecule has 0 fully saturated rings. The molecule has 0 spiro atoms. The number of benzene rings is 2. The minimum atomic E-state index is -0.846. The number of nitrogens with one attached hydrogen (secondary N) is 1. The molecule has 8 nitrogen and oxygen atoms in total. The minimum absolute atomic E-state index is 0.0953. The number of ether oxygens (including phenoxy) is 1. The quantitative estimate of drug-likeness (QED) is 0.638. The average molecular weight is 369 g/mol. The van der Waals surface area contributed by atoms with Crippen LogP contribution in [0.1, 0.15) is 10.5 Å². The summed E-state index contributed by atoms with van der Waals surface area (Å²) in [5.74, 6) is -1.12. The highest BCUT2D eigenvalue weighted by Crippen LogP contribution is 2.29. The van der Waals surface area contributed by atoms with Crippen LogP contribution in [0.3, 0.4) is 0 Å². The van der Waals surface area contributed by atoms with Gasteiger partial charge in [-0.25, -0.2) is 13.9 Å². The number of rotatable bonds is 5. The van der Waals surface area contributed by atoms with E-state index in [1.165, 1.54) is 24.1 Å². The number of primary amides is 2. The summed E-state index contributed by atoms with van der Waals surface area (Å²) in [7, 11) is 1.40. The first-order valence-electron chi connectivity index (χ1n) is 7.80. The van der Waals surface area contributed by atoms with Gasteiger partial charge >= 0.3 is 6.03 Å². The lowest BCUT2D eigenvalue weighted by Crippen LogP contribution is -2.22. The molecular formula is C18H16FN5O3. The minimum Gasteiger partial charge on any atom is -0.494 e. The summed E-state index contributed by atoms with van der Waals surface area (Å²) in [6.07, 6.45) is 1.41. The van der Waals surface area contributed by atoms with Crippen molar-refractivity contribution in [2.24, 2.45) is 11.5 Å². The zero-order valence-electron chi connectivity index (χ0n) is 14.3. The molecule has 1 heterocycles. The van der Waals surface area contributed by atoms with E-state index in [-0.39, 0.29) is 17.1 Å². The normalized spacial score (nSPS) is 10.4. The van der Waals surface area contributed by atoms with E-state index in [1.807, 2.05) is 0 Å². The molecule has 0 unspecified atom stereocenters. The van der Waals surface area contributed by atoms with Crippen LogP contribution in [0.4, 0.5) is 14.9 Å². The molecule has 9 heteroatoms. The molecule has 0 saturated carbocycles. The number of nitrogens with zero attached hydrogens (tertiary/aromatic N) is 2. The van der Waals surface area contributed by atoms with E-state index in [0.717, 1.165) is 0 Å². The van der Waals surface area contributed by atoms with Crippen molar-refractivity contribution in [3.8, 4) is 22.6 Å². The van der Waals surface area contributed by atoms with Crippen molar-refractivity contribution >= 4 is 17.6 Å². The average Bonchev–Trinajstić information content (AvgIpc) is 3.05. The number of aromatic nitrogens is 2. The number of hydrogen-bond acceptors (Lipinski definition) is 4. The second-order valence-electron chi connectivity index (χ2n) is 5.56. The highest BCUT2D eigenvalue weighted by molar-refractivity contribution is 6.00. The summed E-state index contributed by atoms with van der Waals surface area (Å²) in [4.78, 5) is 22.5. The molecule has 3 amide bonds. The molecule has 3 aromatic rings. The number of nitrogens with two attached hydrogens (primary N) is 2. The van der Waals surface area contributed by atoms with Crippen LogP contribution >= 0.6 is 0 Å². The fourth-order valence-corrected chi connectivity index (χ4v) is 2.60. The van der Waals surface area contributed by atoms with E-state index in [1.54, 1.807) is 36.4 Å². The third kappa shape index (κ3) is 3.56. The number of halogens is 1. The fraction of sp³-hybridized carbons (Fsp3) is 0.0556. The van der Waals surface area contributed by atoms with Crippen molar-refractivity contribution in [3.63, 3.8) is 0 Å². The van der Waals surface area contributed by atoms with Crippen LogP contribution in [0, 0.1) is 5.82 Å². The van der Waals surface area contributed by atoms with Crippen molar-refractivity contribution in [2.45, 2.75) is 0 Å². The van der Waals surface area contributed by atoms with Crippen molar-refractivity contribution < 1.29 is 18.7 Å². The maximum atomic E-state index is 14.4. The molecule has 0 aliphatic heterocycles. The first-order chi connectivity index (χ1) is 12.9. The lowest BCUT2D eigenvalue weighted by molar-refractivity contribution is 0.0996. The molecule has 0 aliphatic rings. The van der Waals surface area contributed by atoms with Gasteiger partial charge in [0.1, 0.15) is 0 Å². The zero-order valence-corrected chi connectivity index (χ0v) is 14.3.